The molecule has 32 heavy (non-hydrogen) atoms. The van der Waals surface area contributed by atoms with Gasteiger partial charge in [-0.05, 0) is 57.4 Å². The molecule has 166 valence electrons. The summed E-state index contributed by atoms with van der Waals surface area (Å²) in [6, 6.07) is 15.9. The molecule has 4 heteroatoms. The van der Waals surface area contributed by atoms with Crippen LogP contribution in [0.15, 0.2) is 53.4 Å². The van der Waals surface area contributed by atoms with Crippen LogP contribution >= 0.6 is 11.8 Å². The van der Waals surface area contributed by atoms with Crippen LogP contribution in [0, 0.1) is 0 Å². The molecule has 0 atom stereocenters. The largest absolute Gasteiger partial charge is 0.268 e. The average molecular weight is 446 g/mol. The van der Waals surface area contributed by atoms with Crippen molar-refractivity contribution in [3.05, 3.63) is 70.8 Å². The fraction of sp³-hybridized carbons (Fsp3) is 0.357. The van der Waals surface area contributed by atoms with Crippen LogP contribution in [0.3, 0.4) is 0 Å². The lowest BCUT2D eigenvalue weighted by molar-refractivity contribution is 0.0893. The Kier molecular flexibility index (Phi) is 5.49. The molecule has 3 nitrogen and oxygen atoms in total. The lowest BCUT2D eigenvalue weighted by Gasteiger charge is -2.34. The van der Waals surface area contributed by atoms with Crippen LogP contribution in [0.4, 0.5) is 5.69 Å². The van der Waals surface area contributed by atoms with E-state index in [0.29, 0.717) is 16.8 Å². The maximum Gasteiger partial charge on any atom is 0.265 e. The number of rotatable bonds is 3. The first-order valence-electron chi connectivity index (χ1n) is 11.2. The first kappa shape index (κ1) is 22.6. The average Bonchev–Trinajstić information content (AvgIpc) is 2.71. The summed E-state index contributed by atoms with van der Waals surface area (Å²) in [6.07, 6.45) is 0. The van der Waals surface area contributed by atoms with Crippen molar-refractivity contribution in [2.45, 2.75) is 64.2 Å². The molecule has 1 aliphatic rings. The van der Waals surface area contributed by atoms with Crippen molar-refractivity contribution < 1.29 is 9.59 Å². The highest BCUT2D eigenvalue weighted by Gasteiger charge is 2.37. The third-order valence-corrected chi connectivity index (χ3v) is 7.04. The van der Waals surface area contributed by atoms with Crippen molar-refractivity contribution in [2.75, 3.05) is 10.7 Å². The van der Waals surface area contributed by atoms with Gasteiger partial charge in [0, 0.05) is 21.4 Å². The number of anilines is 1. The summed E-state index contributed by atoms with van der Waals surface area (Å²) in [7, 11) is 0. The summed E-state index contributed by atoms with van der Waals surface area (Å²) in [5.74, 6) is 0.438. The van der Waals surface area contributed by atoms with E-state index in [1.54, 1.807) is 11.8 Å². The molecule has 0 unspecified atom stereocenters. The Bertz CT molecular complexity index is 1220. The van der Waals surface area contributed by atoms with Gasteiger partial charge in [-0.25, -0.2) is 4.90 Å². The molecule has 0 N–H and O–H groups in total. The van der Waals surface area contributed by atoms with Crippen LogP contribution in [0.5, 0.6) is 0 Å². The van der Waals surface area contributed by atoms with E-state index < -0.39 is 0 Å². The molecular weight excluding hydrogens is 414 g/mol. The summed E-state index contributed by atoms with van der Waals surface area (Å²) in [5.41, 5.74) is 3.64. The molecule has 2 amide bonds. The Morgan fingerprint density at radius 3 is 2.06 bits per heavy atom. The minimum atomic E-state index is -0.247. The van der Waals surface area contributed by atoms with Crippen LogP contribution in [0.1, 0.15) is 80.3 Å². The summed E-state index contributed by atoms with van der Waals surface area (Å²) in [6.45, 7) is 14.9. The highest BCUT2D eigenvalue weighted by molar-refractivity contribution is 7.99. The first-order valence-corrected chi connectivity index (χ1v) is 12.2. The summed E-state index contributed by atoms with van der Waals surface area (Å²) >= 11 is 1.73. The van der Waals surface area contributed by atoms with E-state index in [1.807, 2.05) is 36.4 Å². The summed E-state index contributed by atoms with van der Waals surface area (Å²) < 4.78 is 0. The number of amides is 2. The van der Waals surface area contributed by atoms with Gasteiger partial charge in [0.2, 0.25) is 0 Å². The predicted octanol–water partition coefficient (Wildman–Crippen LogP) is 7.35. The lowest BCUT2D eigenvalue weighted by Crippen LogP contribution is -2.42. The van der Waals surface area contributed by atoms with Gasteiger partial charge in [0.1, 0.15) is 0 Å². The number of hydrogen-bond acceptors (Lipinski definition) is 3. The van der Waals surface area contributed by atoms with Gasteiger partial charge in [-0.3, -0.25) is 9.59 Å². The summed E-state index contributed by atoms with van der Waals surface area (Å²) in [4.78, 5) is 30.1. The van der Waals surface area contributed by atoms with E-state index in [0.717, 1.165) is 32.5 Å². The minimum absolute atomic E-state index is 0.1000. The van der Waals surface area contributed by atoms with Crippen LogP contribution < -0.4 is 4.90 Å². The lowest BCUT2D eigenvalue weighted by atomic mass is 9.80. The number of carbonyl (C=O) groups is 2. The van der Waals surface area contributed by atoms with Gasteiger partial charge in [0.15, 0.2) is 0 Å². The van der Waals surface area contributed by atoms with Crippen molar-refractivity contribution in [2.24, 2.45) is 0 Å². The molecule has 0 radical (unpaired) electrons. The van der Waals surface area contributed by atoms with Crippen LogP contribution in [-0.2, 0) is 10.8 Å². The van der Waals surface area contributed by atoms with Gasteiger partial charge in [0.05, 0.1) is 5.69 Å². The van der Waals surface area contributed by atoms with Gasteiger partial charge in [-0.1, -0.05) is 72.7 Å². The number of benzene rings is 3. The van der Waals surface area contributed by atoms with Gasteiger partial charge in [0.25, 0.3) is 11.8 Å². The Balaban J connectivity index is 1.98. The Labute approximate surface area is 195 Å². The van der Waals surface area contributed by atoms with Crippen molar-refractivity contribution in [3.8, 4) is 0 Å². The second-order valence-corrected chi connectivity index (χ2v) is 11.8. The summed E-state index contributed by atoms with van der Waals surface area (Å²) in [5, 5.41) is 1.76. The maximum atomic E-state index is 13.8. The molecule has 1 heterocycles. The molecule has 4 rings (SSSR count). The van der Waals surface area contributed by atoms with E-state index in [4.69, 9.17) is 0 Å². The van der Waals surface area contributed by atoms with Gasteiger partial charge in [-0.2, -0.15) is 0 Å². The molecule has 0 bridgehead atoms. The number of thioether (sulfide) groups is 1. The zero-order valence-corrected chi connectivity index (χ0v) is 20.8. The minimum Gasteiger partial charge on any atom is -0.268 e. The Morgan fingerprint density at radius 1 is 0.812 bits per heavy atom. The van der Waals surface area contributed by atoms with E-state index in [2.05, 4.69) is 60.6 Å². The molecule has 0 aliphatic carbocycles. The standard InChI is InChI=1S/C28H31NO2S/c1-8-32-23-15-13-20-24-18(23)10-9-11-19(24)25(30)29(26(20)31)22-16-17(27(2,3)4)12-14-21(22)28(5,6)7/h9-16H,8H2,1-7H3. The van der Waals surface area contributed by atoms with E-state index in [-0.39, 0.29) is 22.6 Å². The Hall–Kier alpha value is -2.59. The maximum absolute atomic E-state index is 13.8. The van der Waals surface area contributed by atoms with Gasteiger partial charge < -0.3 is 0 Å². The zero-order valence-electron chi connectivity index (χ0n) is 20.0. The molecule has 0 aromatic heterocycles. The smallest absolute Gasteiger partial charge is 0.265 e. The number of nitrogens with zero attached hydrogens (tertiary/aromatic N) is 1. The molecule has 0 spiro atoms. The fourth-order valence-corrected chi connectivity index (χ4v) is 5.19. The first-order chi connectivity index (χ1) is 14.9. The third kappa shape index (κ3) is 3.65. The highest BCUT2D eigenvalue weighted by Crippen LogP contribution is 2.41. The molecule has 3 aromatic rings. The third-order valence-electron chi connectivity index (χ3n) is 6.08. The zero-order chi connectivity index (χ0) is 23.4. The molecular formula is C28H31NO2S. The highest BCUT2D eigenvalue weighted by atomic mass is 32.2. The number of carbonyl (C=O) groups excluding carboxylic acids is 2. The quantitative estimate of drug-likeness (QED) is 0.312. The van der Waals surface area contributed by atoms with Crippen LogP contribution in [-0.4, -0.2) is 17.6 Å². The van der Waals surface area contributed by atoms with Crippen molar-refractivity contribution in [1.29, 1.82) is 0 Å². The molecule has 0 fully saturated rings. The van der Waals surface area contributed by atoms with Crippen LogP contribution in [0.25, 0.3) is 10.8 Å². The van der Waals surface area contributed by atoms with Crippen molar-refractivity contribution in [3.63, 3.8) is 0 Å². The van der Waals surface area contributed by atoms with Crippen molar-refractivity contribution >= 4 is 40.0 Å². The second kappa shape index (κ2) is 7.77. The fourth-order valence-electron chi connectivity index (χ4n) is 4.39. The molecule has 1 aliphatic heterocycles. The van der Waals surface area contributed by atoms with E-state index in [9.17, 15) is 9.59 Å². The monoisotopic (exact) mass is 445 g/mol. The van der Waals surface area contributed by atoms with E-state index >= 15 is 0 Å². The van der Waals surface area contributed by atoms with Crippen molar-refractivity contribution in [1.82, 2.24) is 0 Å². The number of hydrogen-bond donors (Lipinski definition) is 0. The molecule has 0 saturated heterocycles. The SMILES string of the molecule is CCSc1ccc2c3c(cccc13)C(=O)N(c1cc(C(C)(C)C)ccc1C(C)(C)C)C2=O. The van der Waals surface area contributed by atoms with Gasteiger partial charge >= 0.3 is 0 Å². The molecule has 0 saturated carbocycles. The normalized spacial score (nSPS) is 14.4. The van der Waals surface area contributed by atoms with Crippen LogP contribution in [0.2, 0.25) is 0 Å². The number of imide groups is 1. The molecule has 3 aromatic carbocycles. The second-order valence-electron chi connectivity index (χ2n) is 10.5. The van der Waals surface area contributed by atoms with E-state index in [1.165, 1.54) is 4.90 Å². The predicted molar refractivity (Wildman–Crippen MR) is 135 cm³/mol. The Morgan fingerprint density at radius 2 is 1.47 bits per heavy atom. The van der Waals surface area contributed by atoms with Gasteiger partial charge in [-0.15, -0.1) is 11.8 Å². The topological polar surface area (TPSA) is 37.4 Å².